The van der Waals surface area contributed by atoms with Crippen LogP contribution in [-0.4, -0.2) is 37.7 Å². The lowest BCUT2D eigenvalue weighted by molar-refractivity contribution is -0.514. The molecule has 0 bridgehead atoms. The van der Waals surface area contributed by atoms with Crippen molar-refractivity contribution in [3.05, 3.63) is 76.7 Å². The first kappa shape index (κ1) is 34.6. The van der Waals surface area contributed by atoms with Crippen LogP contribution in [0.1, 0.15) is 50.2 Å². The van der Waals surface area contributed by atoms with Gasteiger partial charge in [-0.05, 0) is 54.7 Å². The molecule has 1 aromatic heterocycles. The molecule has 240 valence electrons. The number of rotatable bonds is 17. The number of benzene rings is 2. The Balaban J connectivity index is 1.60. The zero-order valence-corrected chi connectivity index (χ0v) is 24.1. The van der Waals surface area contributed by atoms with Crippen molar-refractivity contribution < 1.29 is 54.5 Å². The molecule has 1 heterocycles. The maximum atomic E-state index is 14.0. The van der Waals surface area contributed by atoms with Gasteiger partial charge in [-0.25, -0.2) is 19.1 Å². The molecule has 0 saturated carbocycles. The Kier molecular flexibility index (Phi) is 11.6. The lowest BCUT2D eigenvalue weighted by Gasteiger charge is -2.26. The highest BCUT2D eigenvalue weighted by Gasteiger charge is 2.52. The summed E-state index contributed by atoms with van der Waals surface area (Å²) in [6, 6.07) is 11.7. The molecule has 0 radical (unpaired) electrons. The average Bonchev–Trinajstić information content (AvgIpc) is 2.91. The first-order chi connectivity index (χ1) is 20.6. The SMILES string of the molecule is C=CC(=O)OCCC(F)(F)OC(F)(F)OC(F)(F)CCOc1ccc2cc(-c3ccc(CCCCC)cc3C)c(=O)oc2c1. The minimum Gasteiger partial charge on any atom is -0.493 e. The van der Waals surface area contributed by atoms with Crippen molar-refractivity contribution >= 4 is 16.9 Å². The van der Waals surface area contributed by atoms with Crippen LogP contribution in [0.25, 0.3) is 22.1 Å². The maximum Gasteiger partial charge on any atom is 0.494 e. The van der Waals surface area contributed by atoms with Crippen LogP contribution in [0.2, 0.25) is 0 Å². The van der Waals surface area contributed by atoms with E-state index in [4.69, 9.17) is 9.15 Å². The zero-order chi connectivity index (χ0) is 32.5. The second-order valence-corrected chi connectivity index (χ2v) is 9.92. The Hall–Kier alpha value is -3.84. The summed E-state index contributed by atoms with van der Waals surface area (Å²) in [5, 5.41) is 0.518. The van der Waals surface area contributed by atoms with Gasteiger partial charge in [0.2, 0.25) is 0 Å². The van der Waals surface area contributed by atoms with Gasteiger partial charge in [-0.15, -0.1) is 8.78 Å². The van der Waals surface area contributed by atoms with Crippen LogP contribution in [-0.2, 0) is 25.4 Å². The summed E-state index contributed by atoms with van der Waals surface area (Å²) in [5.74, 6) is -1.12. The summed E-state index contributed by atoms with van der Waals surface area (Å²) >= 11 is 0. The van der Waals surface area contributed by atoms with Crippen LogP contribution < -0.4 is 10.4 Å². The number of carbonyl (C=O) groups is 1. The largest absolute Gasteiger partial charge is 0.494 e. The molecule has 44 heavy (non-hydrogen) atoms. The molecule has 3 rings (SSSR count). The van der Waals surface area contributed by atoms with Crippen molar-refractivity contribution in [3.63, 3.8) is 0 Å². The molecule has 0 spiro atoms. The standard InChI is InChI=1S/C31H32F6O7/c1-4-6-7-8-21-9-12-24(20(3)17-21)25-18-22-10-11-23(19-26(22)42-28(25)39)40-15-13-29(32,33)43-31(36,37)44-30(34,35)14-16-41-27(38)5-2/h5,9-12,17-19H,2,4,6-8,13-16H2,1,3H3. The Morgan fingerprint density at radius 3 is 2.23 bits per heavy atom. The van der Waals surface area contributed by atoms with Crippen molar-refractivity contribution in [1.82, 2.24) is 0 Å². The highest BCUT2D eigenvalue weighted by Crippen LogP contribution is 2.36. The van der Waals surface area contributed by atoms with E-state index < -0.39 is 56.2 Å². The van der Waals surface area contributed by atoms with Gasteiger partial charge in [-0.3, -0.25) is 0 Å². The maximum absolute atomic E-state index is 14.0. The van der Waals surface area contributed by atoms with Crippen LogP contribution in [0.3, 0.4) is 0 Å². The third kappa shape index (κ3) is 10.4. The molecule has 0 aliphatic heterocycles. The first-order valence-electron chi connectivity index (χ1n) is 13.8. The van der Waals surface area contributed by atoms with E-state index in [2.05, 4.69) is 27.7 Å². The lowest BCUT2D eigenvalue weighted by atomic mass is 9.97. The molecule has 0 N–H and O–H groups in total. The smallest absolute Gasteiger partial charge is 0.493 e. The third-order valence-corrected chi connectivity index (χ3v) is 6.36. The quantitative estimate of drug-likeness (QED) is 0.0372. The number of hydrogen-bond donors (Lipinski definition) is 0. The number of esters is 1. The Labute approximate surface area is 249 Å². The second-order valence-electron chi connectivity index (χ2n) is 9.92. The van der Waals surface area contributed by atoms with E-state index in [0.29, 0.717) is 22.6 Å². The number of hydrogen-bond acceptors (Lipinski definition) is 7. The van der Waals surface area contributed by atoms with Crippen LogP contribution >= 0.6 is 0 Å². The van der Waals surface area contributed by atoms with Gasteiger partial charge in [0.15, 0.2) is 0 Å². The molecule has 0 saturated heterocycles. The number of alkyl halides is 6. The minimum absolute atomic E-state index is 0.0274. The van der Waals surface area contributed by atoms with Gasteiger partial charge in [0.25, 0.3) is 0 Å². The fourth-order valence-corrected chi connectivity index (χ4v) is 4.22. The number of unbranched alkanes of at least 4 members (excludes halogenated alkanes) is 2. The van der Waals surface area contributed by atoms with Crippen LogP contribution in [0.15, 0.2) is 64.3 Å². The molecule has 0 unspecified atom stereocenters. The second kappa shape index (κ2) is 14.8. The van der Waals surface area contributed by atoms with Crippen LogP contribution in [0, 0.1) is 6.92 Å². The van der Waals surface area contributed by atoms with Crippen molar-refractivity contribution in [2.24, 2.45) is 0 Å². The van der Waals surface area contributed by atoms with Crippen molar-refractivity contribution in [2.75, 3.05) is 13.2 Å². The molecule has 13 heteroatoms. The number of aryl methyl sites for hydroxylation is 2. The molecular formula is C31H32F6O7. The van der Waals surface area contributed by atoms with E-state index in [1.165, 1.54) is 23.8 Å². The highest BCUT2D eigenvalue weighted by molar-refractivity contribution is 5.83. The fraction of sp³-hybridized carbons (Fsp3) is 0.419. The van der Waals surface area contributed by atoms with E-state index in [1.54, 1.807) is 6.07 Å². The molecule has 0 fully saturated rings. The van der Waals surface area contributed by atoms with Crippen LogP contribution in [0.5, 0.6) is 5.75 Å². The van der Waals surface area contributed by atoms with E-state index in [-0.39, 0.29) is 11.3 Å². The molecule has 2 aromatic carbocycles. The summed E-state index contributed by atoms with van der Waals surface area (Å²) < 4.78 is 104. The summed E-state index contributed by atoms with van der Waals surface area (Å²) in [6.07, 6.45) is -12.8. The van der Waals surface area contributed by atoms with Gasteiger partial charge >= 0.3 is 30.1 Å². The molecule has 3 aromatic rings. The predicted molar refractivity (Wildman–Crippen MR) is 149 cm³/mol. The molecule has 0 aliphatic rings. The Morgan fingerprint density at radius 1 is 0.909 bits per heavy atom. The molecule has 0 atom stereocenters. The van der Waals surface area contributed by atoms with E-state index in [0.717, 1.165) is 31.2 Å². The van der Waals surface area contributed by atoms with Gasteiger partial charge in [0, 0.05) is 17.5 Å². The summed E-state index contributed by atoms with van der Waals surface area (Å²) in [5.41, 5.74) is 2.58. The summed E-state index contributed by atoms with van der Waals surface area (Å²) in [6.45, 7) is 5.12. The number of carbonyl (C=O) groups excluding carboxylic acids is 1. The number of halogens is 6. The normalized spacial score (nSPS) is 12.4. The molecule has 7 nitrogen and oxygen atoms in total. The number of ether oxygens (including phenoxy) is 4. The van der Waals surface area contributed by atoms with E-state index >= 15 is 0 Å². The van der Waals surface area contributed by atoms with Crippen molar-refractivity contribution in [2.45, 2.75) is 70.9 Å². The third-order valence-electron chi connectivity index (χ3n) is 6.36. The summed E-state index contributed by atoms with van der Waals surface area (Å²) in [4.78, 5) is 23.6. The van der Waals surface area contributed by atoms with Gasteiger partial charge in [0.05, 0.1) is 31.6 Å². The Bertz CT molecular complexity index is 1500. The summed E-state index contributed by atoms with van der Waals surface area (Å²) in [7, 11) is 0. The molecular weight excluding hydrogens is 598 g/mol. The van der Waals surface area contributed by atoms with Crippen LogP contribution in [0.4, 0.5) is 26.3 Å². The first-order valence-corrected chi connectivity index (χ1v) is 13.8. The van der Waals surface area contributed by atoms with E-state index in [1.807, 2.05) is 25.1 Å². The van der Waals surface area contributed by atoms with Crippen molar-refractivity contribution in [1.29, 1.82) is 0 Å². The van der Waals surface area contributed by atoms with Gasteiger partial charge in [-0.2, -0.15) is 17.6 Å². The minimum atomic E-state index is -5.40. The van der Waals surface area contributed by atoms with Gasteiger partial charge < -0.3 is 13.9 Å². The van der Waals surface area contributed by atoms with Gasteiger partial charge in [0.1, 0.15) is 11.3 Å². The topological polar surface area (TPSA) is 84.2 Å². The fourth-order valence-electron chi connectivity index (χ4n) is 4.22. The molecule has 0 aliphatic carbocycles. The Morgan fingerprint density at radius 2 is 1.59 bits per heavy atom. The number of fused-ring (bicyclic) bond motifs is 1. The lowest BCUT2D eigenvalue weighted by Crippen LogP contribution is -2.41. The van der Waals surface area contributed by atoms with Gasteiger partial charge in [-0.1, -0.05) is 44.5 Å². The zero-order valence-electron chi connectivity index (χ0n) is 24.1. The van der Waals surface area contributed by atoms with E-state index in [9.17, 15) is 35.9 Å². The predicted octanol–water partition coefficient (Wildman–Crippen LogP) is 8.16. The monoisotopic (exact) mass is 630 g/mol. The average molecular weight is 631 g/mol. The molecule has 0 amide bonds. The van der Waals surface area contributed by atoms with Crippen molar-refractivity contribution in [3.8, 4) is 16.9 Å². The highest BCUT2D eigenvalue weighted by atomic mass is 19.3.